The standard InChI is InChI=1S/C54H53N3O6S/c1-4-61-52(62-5-2)37(3)57(34-38-36-64-49-32-20-19-27-42(38)49)51(59)48(55-53(60)63-35-47-45-30-17-15-28-43(45)44-29-16-18-31-46(44)47)33-50(58)56-54(39-21-9-6-10-22-39,40-23-11-7-12-24-40)41-25-13-8-14-26-41/h6-32,36-37,47-48,52H,4-5,33-35H2,1-3H3,(H,55,60)(H,56,58)/t37-,48-/m0/s1. The second kappa shape index (κ2) is 20.3. The Kier molecular flexibility index (Phi) is 14.0. The third-order valence-electron chi connectivity index (χ3n) is 12.0. The molecule has 1 aromatic heterocycles. The lowest BCUT2D eigenvalue weighted by molar-refractivity contribution is -0.179. The lowest BCUT2D eigenvalue weighted by Gasteiger charge is -2.38. The first-order valence-corrected chi connectivity index (χ1v) is 22.8. The van der Waals surface area contributed by atoms with Gasteiger partial charge >= 0.3 is 6.09 Å². The molecule has 2 N–H and O–H groups in total. The van der Waals surface area contributed by atoms with Gasteiger partial charge in [0, 0.05) is 30.4 Å². The summed E-state index contributed by atoms with van der Waals surface area (Å²) in [4.78, 5) is 46.3. The zero-order valence-electron chi connectivity index (χ0n) is 36.3. The van der Waals surface area contributed by atoms with E-state index in [0.717, 1.165) is 54.6 Å². The van der Waals surface area contributed by atoms with E-state index < -0.39 is 48.2 Å². The van der Waals surface area contributed by atoms with Crippen LogP contribution >= 0.6 is 11.3 Å². The Morgan fingerprint density at radius 2 is 1.17 bits per heavy atom. The lowest BCUT2D eigenvalue weighted by atomic mass is 9.77. The summed E-state index contributed by atoms with van der Waals surface area (Å²) < 4.78 is 19.3. The molecule has 7 aromatic rings. The van der Waals surface area contributed by atoms with Crippen LogP contribution in [0.4, 0.5) is 4.79 Å². The van der Waals surface area contributed by atoms with Crippen molar-refractivity contribution >= 4 is 39.3 Å². The molecule has 0 fully saturated rings. The van der Waals surface area contributed by atoms with Crippen LogP contribution in [-0.4, -0.2) is 61.0 Å². The fraction of sp³-hybridized carbons (Fsp3) is 0.241. The van der Waals surface area contributed by atoms with Crippen LogP contribution in [0.1, 0.15) is 66.5 Å². The molecule has 8 rings (SSSR count). The molecule has 0 bridgehead atoms. The van der Waals surface area contributed by atoms with Gasteiger partial charge in [-0.05, 0) is 82.1 Å². The molecule has 10 heteroatoms. The van der Waals surface area contributed by atoms with E-state index in [1.54, 1.807) is 16.2 Å². The summed E-state index contributed by atoms with van der Waals surface area (Å²) in [6.07, 6.45) is -2.00. The number of nitrogens with zero attached hydrogens (tertiary/aromatic N) is 1. The Labute approximate surface area is 379 Å². The van der Waals surface area contributed by atoms with Gasteiger partial charge in [0.25, 0.3) is 0 Å². The second-order valence-electron chi connectivity index (χ2n) is 15.9. The van der Waals surface area contributed by atoms with Crippen LogP contribution in [0.25, 0.3) is 21.2 Å². The molecule has 0 radical (unpaired) electrons. The predicted octanol–water partition coefficient (Wildman–Crippen LogP) is 10.4. The Morgan fingerprint density at radius 1 is 0.672 bits per heavy atom. The maximum atomic E-state index is 15.5. The number of ether oxygens (including phenoxy) is 3. The van der Waals surface area contributed by atoms with Gasteiger partial charge in [-0.3, -0.25) is 9.59 Å². The Bertz CT molecular complexity index is 2520. The van der Waals surface area contributed by atoms with Gasteiger partial charge in [-0.15, -0.1) is 11.3 Å². The molecule has 326 valence electrons. The van der Waals surface area contributed by atoms with Gasteiger partial charge in [0.1, 0.15) is 18.2 Å². The van der Waals surface area contributed by atoms with E-state index in [0.29, 0.717) is 13.2 Å². The number of alkyl carbamates (subject to hydrolysis) is 1. The van der Waals surface area contributed by atoms with Gasteiger partial charge in [-0.2, -0.15) is 0 Å². The van der Waals surface area contributed by atoms with E-state index in [-0.39, 0.29) is 19.1 Å². The molecule has 0 saturated heterocycles. The average molecular weight is 872 g/mol. The van der Waals surface area contributed by atoms with E-state index >= 15 is 9.59 Å². The SMILES string of the molecule is CCOC(OCC)[C@H](C)N(Cc1csc2ccccc12)C(=O)[C@H](CC(=O)NC(c1ccccc1)(c1ccccc1)c1ccccc1)NC(=O)OCC1c2ccccc2-c2ccccc21. The highest BCUT2D eigenvalue weighted by Gasteiger charge is 2.41. The van der Waals surface area contributed by atoms with E-state index in [4.69, 9.17) is 14.2 Å². The van der Waals surface area contributed by atoms with E-state index in [9.17, 15) is 4.79 Å². The van der Waals surface area contributed by atoms with Crippen molar-refractivity contribution in [1.29, 1.82) is 0 Å². The largest absolute Gasteiger partial charge is 0.449 e. The van der Waals surface area contributed by atoms with Gasteiger partial charge in [-0.25, -0.2) is 4.79 Å². The number of hydrogen-bond donors (Lipinski definition) is 2. The van der Waals surface area contributed by atoms with Crippen LogP contribution in [-0.2, 0) is 35.9 Å². The number of hydrogen-bond acceptors (Lipinski definition) is 7. The minimum atomic E-state index is -1.35. The number of benzene rings is 6. The average Bonchev–Trinajstić information content (AvgIpc) is 3.90. The summed E-state index contributed by atoms with van der Waals surface area (Å²) in [5.74, 6) is -1.16. The monoisotopic (exact) mass is 871 g/mol. The predicted molar refractivity (Wildman–Crippen MR) is 253 cm³/mol. The fourth-order valence-electron chi connectivity index (χ4n) is 8.97. The third kappa shape index (κ3) is 9.22. The maximum absolute atomic E-state index is 15.5. The molecular formula is C54H53N3O6S. The molecule has 0 spiro atoms. The summed E-state index contributed by atoms with van der Waals surface area (Å²) in [6, 6.07) is 51.6. The number of nitrogens with one attached hydrogen (secondary N) is 2. The van der Waals surface area contributed by atoms with Crippen LogP contribution in [0.3, 0.4) is 0 Å². The summed E-state index contributed by atoms with van der Waals surface area (Å²) in [7, 11) is 0. The van der Waals surface area contributed by atoms with Gasteiger partial charge in [0.05, 0.1) is 12.5 Å². The first kappa shape index (κ1) is 44.0. The molecule has 1 aliphatic rings. The number of amides is 3. The molecule has 2 atom stereocenters. The van der Waals surface area contributed by atoms with Gasteiger partial charge < -0.3 is 29.7 Å². The topological polar surface area (TPSA) is 106 Å². The second-order valence-corrected chi connectivity index (χ2v) is 16.8. The third-order valence-corrected chi connectivity index (χ3v) is 13.0. The van der Waals surface area contributed by atoms with Crippen molar-refractivity contribution in [2.75, 3.05) is 19.8 Å². The number of fused-ring (bicyclic) bond motifs is 4. The Balaban J connectivity index is 1.16. The molecule has 9 nitrogen and oxygen atoms in total. The van der Waals surface area contributed by atoms with Crippen molar-refractivity contribution in [3.63, 3.8) is 0 Å². The number of rotatable bonds is 18. The van der Waals surface area contributed by atoms with Crippen LogP contribution in [0.15, 0.2) is 169 Å². The van der Waals surface area contributed by atoms with Crippen molar-refractivity contribution in [3.8, 4) is 11.1 Å². The van der Waals surface area contributed by atoms with E-state index in [1.165, 1.54) is 0 Å². The highest BCUT2D eigenvalue weighted by molar-refractivity contribution is 7.17. The summed E-state index contributed by atoms with van der Waals surface area (Å²) in [6.45, 7) is 6.53. The van der Waals surface area contributed by atoms with Crippen molar-refractivity contribution in [2.24, 2.45) is 0 Å². The molecule has 0 aliphatic heterocycles. The Hall–Kier alpha value is -6.59. The molecule has 0 saturated carbocycles. The number of carbonyl (C=O) groups excluding carboxylic acids is 3. The van der Waals surface area contributed by atoms with E-state index in [1.807, 2.05) is 166 Å². The summed E-state index contributed by atoms with van der Waals surface area (Å²) >= 11 is 1.59. The lowest BCUT2D eigenvalue weighted by Crippen LogP contribution is -2.56. The molecule has 1 heterocycles. The summed E-state index contributed by atoms with van der Waals surface area (Å²) in [5.41, 5.74) is 6.55. The van der Waals surface area contributed by atoms with Crippen molar-refractivity contribution in [2.45, 2.75) is 63.6 Å². The summed E-state index contributed by atoms with van der Waals surface area (Å²) in [5, 5.41) is 9.33. The normalized spacial score (nSPS) is 13.2. The smallest absolute Gasteiger partial charge is 0.407 e. The molecule has 3 amide bonds. The number of carbonyl (C=O) groups is 3. The fourth-order valence-corrected chi connectivity index (χ4v) is 9.93. The molecule has 6 aromatic carbocycles. The van der Waals surface area contributed by atoms with Gasteiger partial charge in [-0.1, -0.05) is 158 Å². The molecule has 1 aliphatic carbocycles. The molecule has 0 unspecified atom stereocenters. The highest BCUT2D eigenvalue weighted by Crippen LogP contribution is 2.44. The number of thiophene rings is 1. The maximum Gasteiger partial charge on any atom is 0.407 e. The minimum absolute atomic E-state index is 0.0316. The van der Waals surface area contributed by atoms with Crippen LogP contribution in [0.5, 0.6) is 0 Å². The van der Waals surface area contributed by atoms with Crippen LogP contribution in [0, 0.1) is 0 Å². The Morgan fingerprint density at radius 3 is 1.72 bits per heavy atom. The minimum Gasteiger partial charge on any atom is -0.449 e. The first-order chi connectivity index (χ1) is 31.3. The zero-order chi connectivity index (χ0) is 44.5. The zero-order valence-corrected chi connectivity index (χ0v) is 37.1. The highest BCUT2D eigenvalue weighted by atomic mass is 32.1. The van der Waals surface area contributed by atoms with E-state index in [2.05, 4.69) is 34.9 Å². The van der Waals surface area contributed by atoms with Crippen molar-refractivity contribution in [3.05, 3.63) is 203 Å². The van der Waals surface area contributed by atoms with Crippen molar-refractivity contribution < 1.29 is 28.6 Å². The molecule has 64 heavy (non-hydrogen) atoms. The van der Waals surface area contributed by atoms with Crippen molar-refractivity contribution in [1.82, 2.24) is 15.5 Å². The first-order valence-electron chi connectivity index (χ1n) is 21.9. The van der Waals surface area contributed by atoms with Crippen LogP contribution in [0.2, 0.25) is 0 Å². The molecular weight excluding hydrogens is 819 g/mol. The van der Waals surface area contributed by atoms with Gasteiger partial charge in [0.2, 0.25) is 11.8 Å². The quantitative estimate of drug-likeness (QED) is 0.0657. The van der Waals surface area contributed by atoms with Crippen LogP contribution < -0.4 is 10.6 Å². The van der Waals surface area contributed by atoms with Gasteiger partial charge in [0.15, 0.2) is 6.29 Å².